The molecule has 5 heteroatoms. The van der Waals surface area contributed by atoms with Crippen LogP contribution in [-0.4, -0.2) is 9.97 Å². The van der Waals surface area contributed by atoms with Crippen LogP contribution in [0.15, 0.2) is 27.8 Å². The number of rotatable bonds is 3. The highest BCUT2D eigenvalue weighted by atomic mass is 79.9. The molecule has 0 radical (unpaired) electrons. The van der Waals surface area contributed by atoms with Crippen LogP contribution in [0, 0.1) is 26.6 Å². The Bertz CT molecular complexity index is 593. The van der Waals surface area contributed by atoms with E-state index < -0.39 is 0 Å². The zero-order valence-corrected chi connectivity index (χ0v) is 13.4. The van der Waals surface area contributed by atoms with Crippen LogP contribution in [0.4, 0.5) is 4.39 Å². The van der Waals surface area contributed by atoms with Gasteiger partial charge in [0.05, 0.1) is 0 Å². The van der Waals surface area contributed by atoms with Crippen molar-refractivity contribution in [2.45, 2.75) is 31.7 Å². The topological polar surface area (TPSA) is 25.8 Å². The standard InChI is InChI=1S/C14H14BrFN2S/c1-8-9(2)17-14(18-10(8)3)19-7-11-4-5-12(15)6-13(11)16/h4-6H,7H2,1-3H3. The van der Waals surface area contributed by atoms with Gasteiger partial charge >= 0.3 is 0 Å². The smallest absolute Gasteiger partial charge is 0.188 e. The van der Waals surface area contributed by atoms with E-state index in [-0.39, 0.29) is 5.82 Å². The molecule has 0 atom stereocenters. The number of aryl methyl sites for hydroxylation is 2. The van der Waals surface area contributed by atoms with Gasteiger partial charge in [-0.25, -0.2) is 14.4 Å². The van der Waals surface area contributed by atoms with Gasteiger partial charge in [0, 0.05) is 21.6 Å². The van der Waals surface area contributed by atoms with Crippen LogP contribution in [0.2, 0.25) is 0 Å². The Hall–Kier alpha value is -0.940. The molecule has 0 saturated heterocycles. The monoisotopic (exact) mass is 340 g/mol. The zero-order valence-electron chi connectivity index (χ0n) is 11.0. The van der Waals surface area contributed by atoms with Crippen molar-refractivity contribution >= 4 is 27.7 Å². The molecule has 0 N–H and O–H groups in total. The van der Waals surface area contributed by atoms with E-state index in [0.717, 1.165) is 21.4 Å². The van der Waals surface area contributed by atoms with Crippen molar-refractivity contribution in [1.29, 1.82) is 0 Å². The lowest BCUT2D eigenvalue weighted by molar-refractivity contribution is 0.616. The molecular weight excluding hydrogens is 327 g/mol. The fraction of sp³-hybridized carbons (Fsp3) is 0.286. The minimum atomic E-state index is -0.206. The number of benzene rings is 1. The summed E-state index contributed by atoms with van der Waals surface area (Å²) in [6.07, 6.45) is 0. The number of aromatic nitrogens is 2. The molecule has 0 spiro atoms. The lowest BCUT2D eigenvalue weighted by atomic mass is 10.2. The van der Waals surface area contributed by atoms with E-state index in [4.69, 9.17) is 0 Å². The number of nitrogens with zero attached hydrogens (tertiary/aromatic N) is 2. The van der Waals surface area contributed by atoms with Crippen molar-refractivity contribution in [1.82, 2.24) is 9.97 Å². The van der Waals surface area contributed by atoms with Gasteiger partial charge in [-0.1, -0.05) is 33.8 Å². The third kappa shape index (κ3) is 3.54. The van der Waals surface area contributed by atoms with E-state index >= 15 is 0 Å². The molecule has 1 aromatic carbocycles. The van der Waals surface area contributed by atoms with Gasteiger partial charge in [-0.15, -0.1) is 0 Å². The molecule has 0 aliphatic rings. The minimum Gasteiger partial charge on any atom is -0.228 e. The second-order valence-electron chi connectivity index (χ2n) is 4.33. The molecular formula is C14H14BrFN2S. The van der Waals surface area contributed by atoms with E-state index in [1.54, 1.807) is 6.07 Å². The van der Waals surface area contributed by atoms with Crippen LogP contribution in [0.3, 0.4) is 0 Å². The first kappa shape index (κ1) is 14.5. The summed E-state index contributed by atoms with van der Waals surface area (Å²) in [5.41, 5.74) is 3.73. The van der Waals surface area contributed by atoms with Gasteiger partial charge in [0.15, 0.2) is 5.16 Å². The normalized spacial score (nSPS) is 10.8. The Morgan fingerprint density at radius 2 is 1.79 bits per heavy atom. The first-order valence-electron chi connectivity index (χ1n) is 5.86. The Balaban J connectivity index is 2.14. The van der Waals surface area contributed by atoms with Gasteiger partial charge in [0.1, 0.15) is 5.82 Å². The third-order valence-electron chi connectivity index (χ3n) is 2.98. The molecule has 1 aromatic heterocycles. The number of hydrogen-bond acceptors (Lipinski definition) is 3. The Morgan fingerprint density at radius 3 is 2.37 bits per heavy atom. The van der Waals surface area contributed by atoms with Crippen LogP contribution >= 0.6 is 27.7 Å². The Kier molecular flexibility index (Phi) is 4.58. The summed E-state index contributed by atoms with van der Waals surface area (Å²) in [6, 6.07) is 5.09. The highest BCUT2D eigenvalue weighted by Crippen LogP contribution is 2.24. The maximum absolute atomic E-state index is 13.7. The molecule has 0 amide bonds. The van der Waals surface area contributed by atoms with Gasteiger partial charge in [-0.05, 0) is 44.0 Å². The highest BCUT2D eigenvalue weighted by molar-refractivity contribution is 9.10. The van der Waals surface area contributed by atoms with Crippen LogP contribution in [0.25, 0.3) is 0 Å². The van der Waals surface area contributed by atoms with Gasteiger partial charge in [0.25, 0.3) is 0 Å². The number of hydrogen-bond donors (Lipinski definition) is 0. The van der Waals surface area contributed by atoms with Gasteiger partial charge in [0.2, 0.25) is 0 Å². The summed E-state index contributed by atoms with van der Waals surface area (Å²) in [5.74, 6) is 0.323. The predicted octanol–water partition coefficient (Wildman–Crippen LogP) is 4.60. The molecule has 1 heterocycles. The molecule has 0 aliphatic carbocycles. The summed E-state index contributed by atoms with van der Waals surface area (Å²) in [5, 5.41) is 0.697. The quantitative estimate of drug-likeness (QED) is 0.603. The molecule has 0 unspecified atom stereocenters. The van der Waals surface area contributed by atoms with Crippen LogP contribution < -0.4 is 0 Å². The molecule has 0 aliphatic heterocycles. The molecule has 2 rings (SSSR count). The molecule has 19 heavy (non-hydrogen) atoms. The van der Waals surface area contributed by atoms with Crippen LogP contribution in [-0.2, 0) is 5.75 Å². The van der Waals surface area contributed by atoms with Crippen molar-refractivity contribution in [3.8, 4) is 0 Å². The average molecular weight is 341 g/mol. The summed E-state index contributed by atoms with van der Waals surface area (Å²) in [4.78, 5) is 8.83. The maximum atomic E-state index is 13.7. The van der Waals surface area contributed by atoms with Crippen molar-refractivity contribution in [2.24, 2.45) is 0 Å². The molecule has 0 saturated carbocycles. The second-order valence-corrected chi connectivity index (χ2v) is 6.18. The van der Waals surface area contributed by atoms with Gasteiger partial charge < -0.3 is 0 Å². The minimum absolute atomic E-state index is 0.206. The van der Waals surface area contributed by atoms with Gasteiger partial charge in [-0.3, -0.25) is 0 Å². The SMILES string of the molecule is Cc1nc(SCc2ccc(Br)cc2F)nc(C)c1C. The first-order chi connectivity index (χ1) is 8.97. The van der Waals surface area contributed by atoms with Gasteiger partial charge in [-0.2, -0.15) is 0 Å². The Morgan fingerprint density at radius 1 is 1.16 bits per heavy atom. The zero-order chi connectivity index (χ0) is 14.0. The number of thioether (sulfide) groups is 1. The van der Waals surface area contributed by atoms with E-state index in [1.165, 1.54) is 17.8 Å². The molecule has 0 bridgehead atoms. The summed E-state index contributed by atoms with van der Waals surface area (Å²) >= 11 is 4.70. The van der Waals surface area contributed by atoms with Crippen molar-refractivity contribution < 1.29 is 4.39 Å². The summed E-state index contributed by atoms with van der Waals surface area (Å²) < 4.78 is 14.4. The Labute approximate surface area is 125 Å². The molecule has 2 aromatic rings. The average Bonchev–Trinajstić information content (AvgIpc) is 2.34. The van der Waals surface area contributed by atoms with Crippen molar-refractivity contribution in [2.75, 3.05) is 0 Å². The van der Waals surface area contributed by atoms with E-state index in [1.807, 2.05) is 26.8 Å². The molecule has 100 valence electrons. The molecule has 2 nitrogen and oxygen atoms in total. The number of halogens is 2. The van der Waals surface area contributed by atoms with Crippen LogP contribution in [0.1, 0.15) is 22.5 Å². The highest BCUT2D eigenvalue weighted by Gasteiger charge is 2.08. The van der Waals surface area contributed by atoms with E-state index in [2.05, 4.69) is 25.9 Å². The molecule has 0 fully saturated rings. The summed E-state index contributed by atoms with van der Waals surface area (Å²) in [6.45, 7) is 5.94. The predicted molar refractivity (Wildman–Crippen MR) is 79.9 cm³/mol. The van der Waals surface area contributed by atoms with E-state index in [9.17, 15) is 4.39 Å². The second kappa shape index (κ2) is 6.01. The first-order valence-corrected chi connectivity index (χ1v) is 7.64. The van der Waals surface area contributed by atoms with E-state index in [0.29, 0.717) is 16.5 Å². The fourth-order valence-corrected chi connectivity index (χ4v) is 2.84. The van der Waals surface area contributed by atoms with Crippen molar-refractivity contribution in [3.05, 3.63) is 51.0 Å². The lowest BCUT2D eigenvalue weighted by Gasteiger charge is -2.07. The maximum Gasteiger partial charge on any atom is 0.188 e. The third-order valence-corrected chi connectivity index (χ3v) is 4.37. The van der Waals surface area contributed by atoms with Crippen LogP contribution in [0.5, 0.6) is 0 Å². The summed E-state index contributed by atoms with van der Waals surface area (Å²) in [7, 11) is 0. The fourth-order valence-electron chi connectivity index (χ4n) is 1.59. The van der Waals surface area contributed by atoms with Crippen molar-refractivity contribution in [3.63, 3.8) is 0 Å². The largest absolute Gasteiger partial charge is 0.228 e. The lowest BCUT2D eigenvalue weighted by Crippen LogP contribution is -1.98.